The summed E-state index contributed by atoms with van der Waals surface area (Å²) in [6.07, 6.45) is 0. The predicted molar refractivity (Wildman–Crippen MR) is 72.9 cm³/mol. The van der Waals surface area contributed by atoms with Crippen molar-refractivity contribution in [1.82, 2.24) is 4.90 Å². The third kappa shape index (κ3) is 3.45. The number of carbonyl (C=O) groups excluding carboxylic acids is 1. The van der Waals surface area contributed by atoms with Gasteiger partial charge in [0.15, 0.2) is 5.75 Å². The molecule has 1 aromatic carbocycles. The molecule has 0 heterocycles. The number of amides is 1. The Morgan fingerprint density at radius 3 is 2.60 bits per heavy atom. The zero-order valence-electron chi connectivity index (χ0n) is 11.7. The van der Waals surface area contributed by atoms with Crippen LogP contribution in [-0.2, 0) is 0 Å². The molecule has 0 aliphatic rings. The van der Waals surface area contributed by atoms with Gasteiger partial charge < -0.3 is 14.7 Å². The minimum absolute atomic E-state index is 0.102. The zero-order chi connectivity index (χ0) is 15.3. The lowest BCUT2D eigenvalue weighted by Crippen LogP contribution is -2.39. The van der Waals surface area contributed by atoms with Crippen molar-refractivity contribution in [2.45, 2.75) is 19.9 Å². The van der Waals surface area contributed by atoms with Gasteiger partial charge in [-0.25, -0.2) is 0 Å². The molecule has 1 rings (SSSR count). The van der Waals surface area contributed by atoms with Crippen LogP contribution in [0.1, 0.15) is 24.2 Å². The lowest BCUT2D eigenvalue weighted by Gasteiger charge is -2.26. The van der Waals surface area contributed by atoms with Crippen molar-refractivity contribution in [3.05, 3.63) is 33.9 Å². The van der Waals surface area contributed by atoms with E-state index in [0.717, 1.165) is 0 Å². The Bertz CT molecular complexity index is 502. The molecule has 0 aliphatic carbocycles. The predicted octanol–water partition coefficient (Wildman–Crippen LogP) is 1.45. The second kappa shape index (κ2) is 6.85. The lowest BCUT2D eigenvalue weighted by atomic mass is 10.1. The number of nitrogens with zero attached hydrogens (tertiary/aromatic N) is 2. The number of nitro benzene ring substituents is 1. The Balaban J connectivity index is 3.15. The van der Waals surface area contributed by atoms with Gasteiger partial charge in [-0.2, -0.15) is 0 Å². The SMILES string of the molecule is COc1ccc(C(=O)N(CCO)C(C)C)cc1[N+](=O)[O-]. The minimum Gasteiger partial charge on any atom is -0.490 e. The van der Waals surface area contributed by atoms with Gasteiger partial charge in [-0.3, -0.25) is 14.9 Å². The monoisotopic (exact) mass is 282 g/mol. The van der Waals surface area contributed by atoms with Gasteiger partial charge in [0, 0.05) is 24.2 Å². The van der Waals surface area contributed by atoms with Crippen molar-refractivity contribution < 1.29 is 19.6 Å². The molecule has 0 atom stereocenters. The lowest BCUT2D eigenvalue weighted by molar-refractivity contribution is -0.385. The maximum absolute atomic E-state index is 12.3. The highest BCUT2D eigenvalue weighted by molar-refractivity contribution is 5.95. The molecule has 20 heavy (non-hydrogen) atoms. The normalized spacial score (nSPS) is 10.4. The largest absolute Gasteiger partial charge is 0.490 e. The quantitative estimate of drug-likeness (QED) is 0.629. The number of aliphatic hydroxyl groups is 1. The number of carbonyl (C=O) groups is 1. The average Bonchev–Trinajstić information content (AvgIpc) is 2.42. The molecular weight excluding hydrogens is 264 g/mol. The molecule has 110 valence electrons. The molecule has 0 unspecified atom stereocenters. The molecule has 0 aliphatic heterocycles. The molecular formula is C13H18N2O5. The first-order valence-corrected chi connectivity index (χ1v) is 6.16. The Morgan fingerprint density at radius 2 is 2.15 bits per heavy atom. The van der Waals surface area contributed by atoms with Crippen LogP contribution in [0.25, 0.3) is 0 Å². The van der Waals surface area contributed by atoms with Gasteiger partial charge in [0.1, 0.15) is 0 Å². The highest BCUT2D eigenvalue weighted by Crippen LogP contribution is 2.28. The molecule has 0 radical (unpaired) electrons. The van der Waals surface area contributed by atoms with Gasteiger partial charge in [-0.1, -0.05) is 0 Å². The molecule has 1 amide bonds. The van der Waals surface area contributed by atoms with Gasteiger partial charge in [0.05, 0.1) is 18.6 Å². The van der Waals surface area contributed by atoms with Crippen LogP contribution in [0.4, 0.5) is 5.69 Å². The summed E-state index contributed by atoms with van der Waals surface area (Å²) in [6.45, 7) is 3.63. The Kier molecular flexibility index (Phi) is 5.45. The van der Waals surface area contributed by atoms with E-state index in [1.54, 1.807) is 0 Å². The van der Waals surface area contributed by atoms with Crippen molar-refractivity contribution in [1.29, 1.82) is 0 Å². The molecule has 1 N–H and O–H groups in total. The van der Waals surface area contributed by atoms with E-state index in [1.807, 2.05) is 13.8 Å². The summed E-state index contributed by atoms with van der Waals surface area (Å²) in [7, 11) is 1.33. The number of hydrogen-bond acceptors (Lipinski definition) is 5. The first-order chi connectivity index (χ1) is 9.42. The first kappa shape index (κ1) is 15.9. The fourth-order valence-electron chi connectivity index (χ4n) is 1.83. The van der Waals surface area contributed by atoms with Crippen LogP contribution in [0.5, 0.6) is 5.75 Å². The zero-order valence-corrected chi connectivity index (χ0v) is 11.7. The fraction of sp³-hybridized carbons (Fsp3) is 0.462. The van der Waals surface area contributed by atoms with Crippen molar-refractivity contribution in [3.63, 3.8) is 0 Å². The Hall–Kier alpha value is -2.15. The number of aliphatic hydroxyl groups excluding tert-OH is 1. The maximum atomic E-state index is 12.3. The minimum atomic E-state index is -0.596. The summed E-state index contributed by atoms with van der Waals surface area (Å²) in [5.41, 5.74) is -0.0642. The maximum Gasteiger partial charge on any atom is 0.311 e. The summed E-state index contributed by atoms with van der Waals surface area (Å²) in [4.78, 5) is 24.1. The van der Waals surface area contributed by atoms with Crippen LogP contribution in [-0.4, -0.2) is 47.1 Å². The third-order valence-electron chi connectivity index (χ3n) is 2.85. The summed E-state index contributed by atoms with van der Waals surface area (Å²) >= 11 is 0. The van der Waals surface area contributed by atoms with E-state index < -0.39 is 4.92 Å². The van der Waals surface area contributed by atoms with E-state index in [9.17, 15) is 14.9 Å². The van der Waals surface area contributed by atoms with Gasteiger partial charge in [0.25, 0.3) is 5.91 Å². The summed E-state index contributed by atoms with van der Waals surface area (Å²) in [5.74, 6) is -0.260. The van der Waals surface area contributed by atoms with E-state index in [1.165, 1.54) is 30.2 Å². The number of rotatable bonds is 6. The average molecular weight is 282 g/mol. The van der Waals surface area contributed by atoms with Crippen molar-refractivity contribution in [2.24, 2.45) is 0 Å². The van der Waals surface area contributed by atoms with Crippen LogP contribution in [0.15, 0.2) is 18.2 Å². The number of benzene rings is 1. The Morgan fingerprint density at radius 1 is 1.50 bits per heavy atom. The molecule has 7 heteroatoms. The smallest absolute Gasteiger partial charge is 0.311 e. The van der Waals surface area contributed by atoms with Crippen LogP contribution < -0.4 is 4.74 Å². The molecule has 0 fully saturated rings. The number of hydrogen-bond donors (Lipinski definition) is 1. The van der Waals surface area contributed by atoms with Gasteiger partial charge in [-0.15, -0.1) is 0 Å². The van der Waals surface area contributed by atoms with E-state index >= 15 is 0 Å². The van der Waals surface area contributed by atoms with E-state index in [4.69, 9.17) is 9.84 Å². The molecule has 0 aromatic heterocycles. The van der Waals surface area contributed by atoms with Crippen LogP contribution in [0, 0.1) is 10.1 Å². The van der Waals surface area contributed by atoms with Gasteiger partial charge >= 0.3 is 5.69 Å². The van der Waals surface area contributed by atoms with Crippen molar-refractivity contribution in [3.8, 4) is 5.75 Å². The van der Waals surface area contributed by atoms with E-state index in [2.05, 4.69) is 0 Å². The number of nitro groups is 1. The highest BCUT2D eigenvalue weighted by Gasteiger charge is 2.22. The molecule has 0 saturated heterocycles. The van der Waals surface area contributed by atoms with E-state index in [0.29, 0.717) is 0 Å². The molecule has 0 saturated carbocycles. The van der Waals surface area contributed by atoms with Crippen LogP contribution in [0.2, 0.25) is 0 Å². The highest BCUT2D eigenvalue weighted by atomic mass is 16.6. The van der Waals surface area contributed by atoms with Crippen molar-refractivity contribution in [2.75, 3.05) is 20.3 Å². The van der Waals surface area contributed by atoms with Gasteiger partial charge in [0.2, 0.25) is 0 Å². The first-order valence-electron chi connectivity index (χ1n) is 6.16. The molecule has 1 aromatic rings. The molecule has 7 nitrogen and oxygen atoms in total. The summed E-state index contributed by atoms with van der Waals surface area (Å²) in [5, 5.41) is 19.9. The Labute approximate surface area is 116 Å². The standard InChI is InChI=1S/C13H18N2O5/c1-9(2)14(6-7-16)13(17)10-4-5-12(20-3)11(8-10)15(18)19/h4-5,8-9,16H,6-7H2,1-3H3. The van der Waals surface area contributed by atoms with Gasteiger partial charge in [-0.05, 0) is 26.0 Å². The number of ether oxygens (including phenoxy) is 1. The van der Waals surface area contributed by atoms with Crippen molar-refractivity contribution >= 4 is 11.6 Å². The number of methoxy groups -OCH3 is 1. The van der Waals surface area contributed by atoms with Crippen LogP contribution >= 0.6 is 0 Å². The molecule has 0 spiro atoms. The molecule has 0 bridgehead atoms. The second-order valence-corrected chi connectivity index (χ2v) is 4.46. The fourth-order valence-corrected chi connectivity index (χ4v) is 1.83. The van der Waals surface area contributed by atoms with Crippen LogP contribution in [0.3, 0.4) is 0 Å². The second-order valence-electron chi connectivity index (χ2n) is 4.46. The topological polar surface area (TPSA) is 92.9 Å². The van der Waals surface area contributed by atoms with E-state index in [-0.39, 0.29) is 42.1 Å². The third-order valence-corrected chi connectivity index (χ3v) is 2.85. The summed E-state index contributed by atoms with van der Waals surface area (Å²) in [6, 6.07) is 3.94. The summed E-state index contributed by atoms with van der Waals surface area (Å²) < 4.78 is 4.89.